The minimum absolute atomic E-state index is 0.531. The van der Waals surface area contributed by atoms with Crippen molar-refractivity contribution >= 4 is 11.7 Å². The molecule has 0 spiro atoms. The summed E-state index contributed by atoms with van der Waals surface area (Å²) in [5.41, 5.74) is 0.791. The molecular formula is C12H17NO3. The lowest BCUT2D eigenvalue weighted by atomic mass is 10.1. The molecular weight excluding hydrogens is 206 g/mol. The van der Waals surface area contributed by atoms with Crippen LogP contribution in [0.3, 0.4) is 0 Å². The highest BCUT2D eigenvalue weighted by atomic mass is 16.5. The molecule has 16 heavy (non-hydrogen) atoms. The van der Waals surface area contributed by atoms with Crippen molar-refractivity contribution in [3.05, 3.63) is 24.3 Å². The standard InChI is InChI=1S/C12H17NO3/c1-4-9(12(14)15)13(2)10-7-5-6-8-11(10)16-3/h5-9H,4H2,1-3H3,(H,14,15)/t9-/m0/s1. The Bertz CT molecular complexity index is 365. The molecule has 0 bridgehead atoms. The van der Waals surface area contributed by atoms with Gasteiger partial charge >= 0.3 is 5.97 Å². The summed E-state index contributed by atoms with van der Waals surface area (Å²) >= 11 is 0. The van der Waals surface area contributed by atoms with Crippen LogP contribution in [0.15, 0.2) is 24.3 Å². The summed E-state index contributed by atoms with van der Waals surface area (Å²) < 4.78 is 5.21. The number of hydrogen-bond donors (Lipinski definition) is 1. The number of para-hydroxylation sites is 2. The SMILES string of the molecule is CC[C@@H](C(=O)O)N(C)c1ccccc1OC. The largest absolute Gasteiger partial charge is 0.495 e. The summed E-state index contributed by atoms with van der Waals surface area (Å²) in [6, 6.07) is 6.86. The maximum absolute atomic E-state index is 11.1. The number of likely N-dealkylation sites (N-methyl/N-ethyl adjacent to an activating group) is 1. The third-order valence-corrected chi connectivity index (χ3v) is 2.60. The van der Waals surface area contributed by atoms with E-state index in [1.807, 2.05) is 31.2 Å². The first-order chi connectivity index (χ1) is 7.61. The lowest BCUT2D eigenvalue weighted by molar-refractivity contribution is -0.138. The first-order valence-corrected chi connectivity index (χ1v) is 5.20. The number of nitrogens with zero attached hydrogens (tertiary/aromatic N) is 1. The number of carboxylic acids is 1. The maximum atomic E-state index is 11.1. The topological polar surface area (TPSA) is 49.8 Å². The molecule has 1 aromatic carbocycles. The molecule has 0 aromatic heterocycles. The Morgan fingerprint density at radius 1 is 1.50 bits per heavy atom. The van der Waals surface area contributed by atoms with E-state index in [9.17, 15) is 4.79 Å². The van der Waals surface area contributed by atoms with Crippen LogP contribution in [0.5, 0.6) is 5.75 Å². The van der Waals surface area contributed by atoms with Crippen molar-refractivity contribution in [3.63, 3.8) is 0 Å². The number of anilines is 1. The Labute approximate surface area is 95.5 Å². The number of carbonyl (C=O) groups is 1. The Kier molecular flexibility index (Phi) is 4.17. The highest BCUT2D eigenvalue weighted by molar-refractivity contribution is 5.79. The average Bonchev–Trinajstić information content (AvgIpc) is 2.29. The van der Waals surface area contributed by atoms with Crippen molar-refractivity contribution in [1.82, 2.24) is 0 Å². The van der Waals surface area contributed by atoms with E-state index in [2.05, 4.69) is 0 Å². The molecule has 0 aliphatic rings. The van der Waals surface area contributed by atoms with Crippen LogP contribution in [-0.4, -0.2) is 31.3 Å². The lowest BCUT2D eigenvalue weighted by Gasteiger charge is -2.27. The molecule has 0 aliphatic carbocycles. The lowest BCUT2D eigenvalue weighted by Crippen LogP contribution is -2.38. The molecule has 1 atom stereocenters. The Morgan fingerprint density at radius 3 is 2.62 bits per heavy atom. The molecule has 0 radical (unpaired) electrons. The van der Waals surface area contributed by atoms with Gasteiger partial charge in [-0.1, -0.05) is 19.1 Å². The van der Waals surface area contributed by atoms with E-state index in [4.69, 9.17) is 9.84 Å². The molecule has 0 saturated carbocycles. The number of aliphatic carboxylic acids is 1. The molecule has 4 heteroatoms. The van der Waals surface area contributed by atoms with Crippen molar-refractivity contribution in [3.8, 4) is 5.75 Å². The summed E-state index contributed by atoms with van der Waals surface area (Å²) in [6.45, 7) is 1.85. The molecule has 1 N–H and O–H groups in total. The second kappa shape index (κ2) is 5.39. The molecule has 1 rings (SSSR count). The average molecular weight is 223 g/mol. The van der Waals surface area contributed by atoms with Crippen LogP contribution in [0.1, 0.15) is 13.3 Å². The van der Waals surface area contributed by atoms with Crippen LogP contribution in [0.2, 0.25) is 0 Å². The molecule has 0 fully saturated rings. The monoisotopic (exact) mass is 223 g/mol. The third-order valence-electron chi connectivity index (χ3n) is 2.60. The molecule has 4 nitrogen and oxygen atoms in total. The van der Waals surface area contributed by atoms with Gasteiger partial charge in [-0.2, -0.15) is 0 Å². The van der Waals surface area contributed by atoms with E-state index in [0.29, 0.717) is 12.2 Å². The van der Waals surface area contributed by atoms with Gasteiger partial charge < -0.3 is 14.7 Å². The van der Waals surface area contributed by atoms with Crippen LogP contribution in [0.4, 0.5) is 5.69 Å². The number of hydrogen-bond acceptors (Lipinski definition) is 3. The fourth-order valence-electron chi connectivity index (χ4n) is 1.70. The van der Waals surface area contributed by atoms with E-state index in [0.717, 1.165) is 5.69 Å². The van der Waals surface area contributed by atoms with Gasteiger partial charge in [-0.3, -0.25) is 0 Å². The molecule has 88 valence electrons. The maximum Gasteiger partial charge on any atom is 0.326 e. The second-order valence-corrected chi connectivity index (χ2v) is 3.55. The van der Waals surface area contributed by atoms with Crippen molar-refractivity contribution in [1.29, 1.82) is 0 Å². The molecule has 0 saturated heterocycles. The van der Waals surface area contributed by atoms with Gasteiger partial charge in [-0.25, -0.2) is 4.79 Å². The first kappa shape index (κ1) is 12.4. The highest BCUT2D eigenvalue weighted by Crippen LogP contribution is 2.28. The van der Waals surface area contributed by atoms with Gasteiger partial charge in [0, 0.05) is 7.05 Å². The third kappa shape index (κ3) is 2.45. The number of methoxy groups -OCH3 is 1. The minimum Gasteiger partial charge on any atom is -0.495 e. The zero-order chi connectivity index (χ0) is 12.1. The summed E-state index contributed by atoms with van der Waals surface area (Å²) in [4.78, 5) is 12.8. The van der Waals surface area contributed by atoms with Crippen LogP contribution in [-0.2, 0) is 4.79 Å². The van der Waals surface area contributed by atoms with Gasteiger partial charge in [-0.15, -0.1) is 0 Å². The van der Waals surface area contributed by atoms with Gasteiger partial charge in [-0.05, 0) is 18.6 Å². The fraction of sp³-hybridized carbons (Fsp3) is 0.417. The minimum atomic E-state index is -0.823. The van der Waals surface area contributed by atoms with E-state index in [-0.39, 0.29) is 0 Å². The van der Waals surface area contributed by atoms with Crippen LogP contribution < -0.4 is 9.64 Å². The summed E-state index contributed by atoms with van der Waals surface area (Å²) in [6.07, 6.45) is 0.546. The predicted molar refractivity (Wildman–Crippen MR) is 63.1 cm³/mol. The summed E-state index contributed by atoms with van der Waals surface area (Å²) in [5.74, 6) is -0.138. The highest BCUT2D eigenvalue weighted by Gasteiger charge is 2.22. The van der Waals surface area contributed by atoms with Crippen molar-refractivity contribution in [2.45, 2.75) is 19.4 Å². The first-order valence-electron chi connectivity index (χ1n) is 5.20. The Balaban J connectivity index is 3.02. The zero-order valence-corrected chi connectivity index (χ0v) is 9.80. The summed E-state index contributed by atoms with van der Waals surface area (Å²) in [7, 11) is 3.34. The molecule has 0 unspecified atom stereocenters. The van der Waals surface area contributed by atoms with Gasteiger partial charge in [0.1, 0.15) is 11.8 Å². The molecule has 0 amide bonds. The van der Waals surface area contributed by atoms with E-state index in [1.165, 1.54) is 0 Å². The number of benzene rings is 1. The zero-order valence-electron chi connectivity index (χ0n) is 9.80. The predicted octanol–water partition coefficient (Wildman–Crippen LogP) is 1.99. The second-order valence-electron chi connectivity index (χ2n) is 3.55. The van der Waals surface area contributed by atoms with E-state index >= 15 is 0 Å². The number of ether oxygens (including phenoxy) is 1. The number of rotatable bonds is 5. The van der Waals surface area contributed by atoms with Crippen LogP contribution in [0, 0.1) is 0 Å². The quantitative estimate of drug-likeness (QED) is 0.829. The van der Waals surface area contributed by atoms with E-state index < -0.39 is 12.0 Å². The smallest absolute Gasteiger partial charge is 0.326 e. The molecule has 1 aromatic rings. The summed E-state index contributed by atoms with van der Waals surface area (Å²) in [5, 5.41) is 9.09. The Morgan fingerprint density at radius 2 is 2.12 bits per heavy atom. The Hall–Kier alpha value is -1.71. The number of carboxylic acid groups (broad SMARTS) is 1. The van der Waals surface area contributed by atoms with Gasteiger partial charge in [0.05, 0.1) is 12.8 Å². The van der Waals surface area contributed by atoms with Crippen molar-refractivity contribution in [2.24, 2.45) is 0 Å². The molecule has 0 heterocycles. The van der Waals surface area contributed by atoms with E-state index in [1.54, 1.807) is 19.1 Å². The van der Waals surface area contributed by atoms with Crippen LogP contribution in [0.25, 0.3) is 0 Å². The van der Waals surface area contributed by atoms with Gasteiger partial charge in [0.25, 0.3) is 0 Å². The van der Waals surface area contributed by atoms with Gasteiger partial charge in [0.2, 0.25) is 0 Å². The van der Waals surface area contributed by atoms with Crippen molar-refractivity contribution in [2.75, 3.05) is 19.1 Å². The molecule has 0 aliphatic heterocycles. The van der Waals surface area contributed by atoms with Gasteiger partial charge in [0.15, 0.2) is 0 Å². The van der Waals surface area contributed by atoms with Crippen LogP contribution >= 0.6 is 0 Å². The fourth-order valence-corrected chi connectivity index (χ4v) is 1.70. The van der Waals surface area contributed by atoms with Crippen molar-refractivity contribution < 1.29 is 14.6 Å². The normalized spacial score (nSPS) is 11.9.